The van der Waals surface area contributed by atoms with E-state index < -0.39 is 0 Å². The first-order valence-corrected chi connectivity index (χ1v) is 9.05. The zero-order chi connectivity index (χ0) is 14.2. The average Bonchev–Trinajstić information content (AvgIpc) is 2.35. The number of hydrogen-bond donors (Lipinski definition) is 2. The lowest BCUT2D eigenvalue weighted by Crippen LogP contribution is -2.59. The number of rotatable bonds is 7. The molecule has 3 atom stereocenters. The molecule has 4 bridgehead atoms. The van der Waals surface area contributed by atoms with Gasteiger partial charge in [-0.2, -0.15) is 0 Å². The van der Waals surface area contributed by atoms with Crippen LogP contribution in [-0.4, -0.2) is 6.04 Å². The second-order valence-corrected chi connectivity index (χ2v) is 8.70. The summed E-state index contributed by atoms with van der Waals surface area (Å²) in [5, 5.41) is 0. The van der Waals surface area contributed by atoms with Gasteiger partial charge in [0.25, 0.3) is 0 Å². The van der Waals surface area contributed by atoms with Gasteiger partial charge in [0.1, 0.15) is 0 Å². The predicted molar refractivity (Wildman–Crippen MR) is 85.1 cm³/mol. The van der Waals surface area contributed by atoms with Crippen LogP contribution in [0.5, 0.6) is 0 Å². The molecule has 0 spiro atoms. The Morgan fingerprint density at radius 1 is 1.10 bits per heavy atom. The summed E-state index contributed by atoms with van der Waals surface area (Å²) in [7, 11) is 0. The van der Waals surface area contributed by atoms with Crippen molar-refractivity contribution in [1.82, 2.24) is 5.43 Å². The molecule has 20 heavy (non-hydrogen) atoms. The van der Waals surface area contributed by atoms with Crippen molar-refractivity contribution in [3.8, 4) is 0 Å². The van der Waals surface area contributed by atoms with Crippen molar-refractivity contribution in [3.05, 3.63) is 0 Å². The molecule has 3 N–H and O–H groups in total. The zero-order valence-corrected chi connectivity index (χ0v) is 13.6. The van der Waals surface area contributed by atoms with Crippen LogP contribution in [-0.2, 0) is 0 Å². The molecule has 4 rings (SSSR count). The Balaban J connectivity index is 1.67. The minimum absolute atomic E-state index is 0.541. The van der Waals surface area contributed by atoms with E-state index in [2.05, 4.69) is 19.3 Å². The molecule has 4 aliphatic rings. The molecule has 4 aliphatic carbocycles. The Bertz CT molecular complexity index is 324. The SMILES string of the molecule is CCCCCCC(NN)C12CC3CC(CC(C)(C3)C1)C2. The molecule has 0 aromatic carbocycles. The van der Waals surface area contributed by atoms with E-state index in [1.807, 2.05) is 0 Å². The lowest BCUT2D eigenvalue weighted by Gasteiger charge is -2.63. The third-order valence-electron chi connectivity index (χ3n) is 6.69. The Kier molecular flexibility index (Phi) is 4.16. The van der Waals surface area contributed by atoms with Crippen LogP contribution in [0.2, 0.25) is 0 Å². The first-order chi connectivity index (χ1) is 9.59. The van der Waals surface area contributed by atoms with Crippen LogP contribution in [0, 0.1) is 22.7 Å². The topological polar surface area (TPSA) is 38.0 Å². The summed E-state index contributed by atoms with van der Waals surface area (Å²) in [6.07, 6.45) is 15.6. The highest BCUT2D eigenvalue weighted by atomic mass is 15.2. The van der Waals surface area contributed by atoms with Gasteiger partial charge in [0.2, 0.25) is 0 Å². The minimum Gasteiger partial charge on any atom is -0.271 e. The highest BCUT2D eigenvalue weighted by Gasteiger charge is 2.57. The summed E-state index contributed by atoms with van der Waals surface area (Å²) in [5.74, 6) is 8.02. The van der Waals surface area contributed by atoms with Crippen LogP contribution >= 0.6 is 0 Å². The maximum absolute atomic E-state index is 6.00. The van der Waals surface area contributed by atoms with E-state index in [0.29, 0.717) is 16.9 Å². The molecule has 0 aromatic heterocycles. The normalized spacial score (nSPS) is 44.0. The highest BCUT2D eigenvalue weighted by Crippen LogP contribution is 2.66. The van der Waals surface area contributed by atoms with Gasteiger partial charge in [-0.1, -0.05) is 39.5 Å². The maximum atomic E-state index is 6.00. The van der Waals surface area contributed by atoms with Crippen LogP contribution in [0.4, 0.5) is 0 Å². The van der Waals surface area contributed by atoms with Crippen LogP contribution in [0.15, 0.2) is 0 Å². The minimum atomic E-state index is 0.541. The lowest BCUT2D eigenvalue weighted by molar-refractivity contribution is -0.119. The largest absolute Gasteiger partial charge is 0.271 e. The average molecular weight is 278 g/mol. The Labute approximate surface area is 125 Å². The molecule has 0 saturated heterocycles. The molecular weight excluding hydrogens is 244 g/mol. The van der Waals surface area contributed by atoms with E-state index >= 15 is 0 Å². The van der Waals surface area contributed by atoms with Gasteiger partial charge in [0, 0.05) is 6.04 Å². The number of hydrogen-bond acceptors (Lipinski definition) is 2. The Hall–Kier alpha value is -0.0800. The molecule has 4 saturated carbocycles. The summed E-state index contributed by atoms with van der Waals surface area (Å²) in [6, 6.07) is 0.574. The van der Waals surface area contributed by atoms with Crippen molar-refractivity contribution < 1.29 is 0 Å². The van der Waals surface area contributed by atoms with Crippen LogP contribution in [0.3, 0.4) is 0 Å². The van der Waals surface area contributed by atoms with E-state index in [1.54, 1.807) is 0 Å². The van der Waals surface area contributed by atoms with Crippen LogP contribution < -0.4 is 11.3 Å². The third kappa shape index (κ3) is 2.66. The van der Waals surface area contributed by atoms with E-state index in [1.165, 1.54) is 70.6 Å². The first-order valence-electron chi connectivity index (χ1n) is 9.05. The van der Waals surface area contributed by atoms with Gasteiger partial charge < -0.3 is 0 Å². The fourth-order valence-corrected chi connectivity index (χ4v) is 6.55. The molecule has 116 valence electrons. The van der Waals surface area contributed by atoms with Crippen molar-refractivity contribution >= 4 is 0 Å². The first kappa shape index (κ1) is 14.8. The Morgan fingerprint density at radius 2 is 1.80 bits per heavy atom. The van der Waals surface area contributed by atoms with E-state index in [0.717, 1.165) is 11.8 Å². The molecule has 2 heteroatoms. The Morgan fingerprint density at radius 3 is 2.35 bits per heavy atom. The van der Waals surface area contributed by atoms with Crippen LogP contribution in [0.25, 0.3) is 0 Å². The van der Waals surface area contributed by atoms with Gasteiger partial charge in [-0.15, -0.1) is 0 Å². The number of nitrogens with one attached hydrogen (secondary N) is 1. The quantitative estimate of drug-likeness (QED) is 0.411. The van der Waals surface area contributed by atoms with Gasteiger partial charge in [-0.05, 0) is 67.6 Å². The zero-order valence-electron chi connectivity index (χ0n) is 13.6. The molecular formula is C18H34N2. The summed E-state index contributed by atoms with van der Waals surface area (Å²) >= 11 is 0. The summed E-state index contributed by atoms with van der Waals surface area (Å²) in [5.41, 5.74) is 4.44. The van der Waals surface area contributed by atoms with E-state index in [9.17, 15) is 0 Å². The van der Waals surface area contributed by atoms with Crippen molar-refractivity contribution in [2.75, 3.05) is 0 Å². The molecule has 3 unspecified atom stereocenters. The molecule has 4 fully saturated rings. The smallest absolute Gasteiger partial charge is 0.0267 e. The monoisotopic (exact) mass is 278 g/mol. The fourth-order valence-electron chi connectivity index (χ4n) is 6.55. The molecule has 0 radical (unpaired) electrons. The number of hydrazine groups is 1. The second-order valence-electron chi connectivity index (χ2n) is 8.70. The van der Waals surface area contributed by atoms with E-state index in [4.69, 9.17) is 5.84 Å². The van der Waals surface area contributed by atoms with Crippen molar-refractivity contribution in [1.29, 1.82) is 0 Å². The highest BCUT2D eigenvalue weighted by molar-refractivity contribution is 5.09. The number of unbranched alkanes of at least 4 members (excludes halogenated alkanes) is 3. The lowest BCUT2D eigenvalue weighted by atomic mass is 9.43. The van der Waals surface area contributed by atoms with Crippen LogP contribution in [0.1, 0.15) is 84.5 Å². The van der Waals surface area contributed by atoms with Gasteiger partial charge in [0.15, 0.2) is 0 Å². The third-order valence-corrected chi connectivity index (χ3v) is 6.69. The summed E-state index contributed by atoms with van der Waals surface area (Å²) in [4.78, 5) is 0. The van der Waals surface area contributed by atoms with Gasteiger partial charge in [-0.3, -0.25) is 11.3 Å². The van der Waals surface area contributed by atoms with Gasteiger partial charge in [0.05, 0.1) is 0 Å². The summed E-state index contributed by atoms with van der Waals surface area (Å²) < 4.78 is 0. The molecule has 0 heterocycles. The fraction of sp³-hybridized carbons (Fsp3) is 1.00. The second kappa shape index (κ2) is 5.61. The van der Waals surface area contributed by atoms with Crippen molar-refractivity contribution in [3.63, 3.8) is 0 Å². The predicted octanol–water partition coefficient (Wildman–Crippen LogP) is 4.40. The van der Waals surface area contributed by atoms with Crippen molar-refractivity contribution in [2.45, 2.75) is 90.5 Å². The van der Waals surface area contributed by atoms with Gasteiger partial charge >= 0.3 is 0 Å². The summed E-state index contributed by atoms with van der Waals surface area (Å²) in [6.45, 7) is 4.85. The standard InChI is InChI=1S/C18H34N2/c1-3-4-5-6-7-16(20-19)18-11-14-8-15(12-18)10-17(2,9-14)13-18/h14-16,20H,3-13,19H2,1-2H3. The molecule has 0 aromatic rings. The molecule has 0 amide bonds. The van der Waals surface area contributed by atoms with Gasteiger partial charge in [-0.25, -0.2) is 0 Å². The molecule has 2 nitrogen and oxygen atoms in total. The molecule has 0 aliphatic heterocycles. The number of nitrogens with two attached hydrogens (primary N) is 1. The van der Waals surface area contributed by atoms with E-state index in [-0.39, 0.29) is 0 Å². The van der Waals surface area contributed by atoms with Crippen molar-refractivity contribution in [2.24, 2.45) is 28.5 Å². The maximum Gasteiger partial charge on any atom is 0.0267 e.